The zero-order chi connectivity index (χ0) is 13.5. The molecule has 0 unspecified atom stereocenters. The van der Waals surface area contributed by atoms with Crippen molar-refractivity contribution in [3.63, 3.8) is 0 Å². The molecule has 3 nitrogen and oxygen atoms in total. The SMILES string of the molecule is CCOC(=O)Cc1ccc(OCC(C)C)cc1Cl. The van der Waals surface area contributed by atoms with Gasteiger partial charge in [-0.3, -0.25) is 4.79 Å². The van der Waals surface area contributed by atoms with Gasteiger partial charge < -0.3 is 9.47 Å². The lowest BCUT2D eigenvalue weighted by Crippen LogP contribution is -2.08. The highest BCUT2D eigenvalue weighted by molar-refractivity contribution is 6.31. The average Bonchev–Trinajstić information content (AvgIpc) is 2.30. The highest BCUT2D eigenvalue weighted by atomic mass is 35.5. The monoisotopic (exact) mass is 270 g/mol. The van der Waals surface area contributed by atoms with E-state index in [2.05, 4.69) is 13.8 Å². The number of carbonyl (C=O) groups excluding carboxylic acids is 1. The molecule has 0 bridgehead atoms. The first-order valence-electron chi connectivity index (χ1n) is 6.09. The summed E-state index contributed by atoms with van der Waals surface area (Å²) >= 11 is 6.10. The second-order valence-corrected chi connectivity index (χ2v) is 4.85. The van der Waals surface area contributed by atoms with Gasteiger partial charge in [0.15, 0.2) is 0 Å². The van der Waals surface area contributed by atoms with Crippen molar-refractivity contribution in [2.45, 2.75) is 27.2 Å². The molecule has 0 fully saturated rings. The molecule has 0 saturated heterocycles. The van der Waals surface area contributed by atoms with Gasteiger partial charge in [-0.05, 0) is 30.5 Å². The molecule has 4 heteroatoms. The number of esters is 1. The molecule has 1 aromatic carbocycles. The maximum atomic E-state index is 11.4. The molecule has 1 rings (SSSR count). The Balaban J connectivity index is 2.64. The molecular formula is C14H19ClO3. The molecule has 1 aromatic rings. The first-order chi connectivity index (χ1) is 8.52. The second kappa shape index (κ2) is 7.27. The summed E-state index contributed by atoms with van der Waals surface area (Å²) in [4.78, 5) is 11.4. The number of benzene rings is 1. The number of carbonyl (C=O) groups is 1. The number of halogens is 1. The van der Waals surface area contributed by atoms with Crippen molar-refractivity contribution in [2.75, 3.05) is 13.2 Å². The molecule has 0 aliphatic carbocycles. The van der Waals surface area contributed by atoms with Crippen molar-refractivity contribution in [1.82, 2.24) is 0 Å². The molecule has 0 amide bonds. The van der Waals surface area contributed by atoms with Crippen molar-refractivity contribution in [3.05, 3.63) is 28.8 Å². The third kappa shape index (κ3) is 4.96. The van der Waals surface area contributed by atoms with Crippen LogP contribution in [-0.4, -0.2) is 19.2 Å². The van der Waals surface area contributed by atoms with Crippen LogP contribution in [0.5, 0.6) is 5.75 Å². The van der Waals surface area contributed by atoms with Crippen molar-refractivity contribution < 1.29 is 14.3 Å². The topological polar surface area (TPSA) is 35.5 Å². The van der Waals surface area contributed by atoms with Crippen LogP contribution in [0.3, 0.4) is 0 Å². The predicted molar refractivity (Wildman–Crippen MR) is 72.1 cm³/mol. The lowest BCUT2D eigenvalue weighted by Gasteiger charge is -2.10. The normalized spacial score (nSPS) is 10.5. The Morgan fingerprint density at radius 3 is 2.67 bits per heavy atom. The number of hydrogen-bond donors (Lipinski definition) is 0. The fourth-order valence-corrected chi connectivity index (χ4v) is 1.63. The number of hydrogen-bond acceptors (Lipinski definition) is 3. The van der Waals surface area contributed by atoms with E-state index in [-0.39, 0.29) is 12.4 Å². The molecule has 0 saturated carbocycles. The molecule has 0 heterocycles. The van der Waals surface area contributed by atoms with Crippen molar-refractivity contribution >= 4 is 17.6 Å². The van der Waals surface area contributed by atoms with Crippen molar-refractivity contribution in [3.8, 4) is 5.75 Å². The van der Waals surface area contributed by atoms with Crippen LogP contribution in [-0.2, 0) is 16.0 Å². The summed E-state index contributed by atoms with van der Waals surface area (Å²) < 4.78 is 10.4. The van der Waals surface area contributed by atoms with Gasteiger partial charge >= 0.3 is 5.97 Å². The average molecular weight is 271 g/mol. The van der Waals surface area contributed by atoms with Crippen LogP contribution in [0.25, 0.3) is 0 Å². The maximum Gasteiger partial charge on any atom is 0.310 e. The van der Waals surface area contributed by atoms with Crippen molar-refractivity contribution in [1.29, 1.82) is 0 Å². The van der Waals surface area contributed by atoms with E-state index in [9.17, 15) is 4.79 Å². The van der Waals surface area contributed by atoms with E-state index in [0.717, 1.165) is 11.3 Å². The summed E-state index contributed by atoms with van der Waals surface area (Å²) in [7, 11) is 0. The minimum absolute atomic E-state index is 0.192. The quantitative estimate of drug-likeness (QED) is 0.743. The van der Waals surface area contributed by atoms with Gasteiger partial charge in [0.25, 0.3) is 0 Å². The van der Waals surface area contributed by atoms with Crippen LogP contribution in [0, 0.1) is 5.92 Å². The first kappa shape index (κ1) is 14.8. The van der Waals surface area contributed by atoms with Gasteiger partial charge in [0.2, 0.25) is 0 Å². The molecule has 0 atom stereocenters. The van der Waals surface area contributed by atoms with Gasteiger partial charge in [0, 0.05) is 5.02 Å². The lowest BCUT2D eigenvalue weighted by molar-refractivity contribution is -0.142. The fourth-order valence-electron chi connectivity index (χ4n) is 1.39. The van der Waals surface area contributed by atoms with E-state index in [1.54, 1.807) is 19.1 Å². The predicted octanol–water partition coefficient (Wildman–Crippen LogP) is 3.48. The molecule has 0 spiro atoms. The Morgan fingerprint density at radius 2 is 2.11 bits per heavy atom. The molecule has 100 valence electrons. The molecule has 0 N–H and O–H groups in total. The molecule has 0 aliphatic heterocycles. The van der Waals surface area contributed by atoms with Crippen molar-refractivity contribution in [2.24, 2.45) is 5.92 Å². The molecule has 0 aromatic heterocycles. The van der Waals surface area contributed by atoms with E-state index in [0.29, 0.717) is 24.2 Å². The fraction of sp³-hybridized carbons (Fsp3) is 0.500. The van der Waals surface area contributed by atoms with Crippen LogP contribution in [0.1, 0.15) is 26.3 Å². The summed E-state index contributed by atoms with van der Waals surface area (Å²) in [6.45, 7) is 6.97. The van der Waals surface area contributed by atoms with Gasteiger partial charge in [0.1, 0.15) is 5.75 Å². The van der Waals surface area contributed by atoms with Gasteiger partial charge in [-0.1, -0.05) is 31.5 Å². The van der Waals surface area contributed by atoms with Crippen LogP contribution < -0.4 is 4.74 Å². The largest absolute Gasteiger partial charge is 0.493 e. The Bertz CT molecular complexity index is 402. The molecule has 0 aliphatic rings. The van der Waals surface area contributed by atoms with Crippen LogP contribution in [0.2, 0.25) is 5.02 Å². The third-order valence-electron chi connectivity index (χ3n) is 2.25. The third-order valence-corrected chi connectivity index (χ3v) is 2.60. The minimum atomic E-state index is -0.268. The number of rotatable bonds is 6. The second-order valence-electron chi connectivity index (χ2n) is 4.44. The van der Waals surface area contributed by atoms with E-state index in [4.69, 9.17) is 21.1 Å². The van der Waals surface area contributed by atoms with Gasteiger partial charge in [-0.2, -0.15) is 0 Å². The highest BCUT2D eigenvalue weighted by Crippen LogP contribution is 2.23. The Kier molecular flexibility index (Phi) is 5.99. The highest BCUT2D eigenvalue weighted by Gasteiger charge is 2.09. The first-order valence-corrected chi connectivity index (χ1v) is 6.47. The van der Waals surface area contributed by atoms with E-state index >= 15 is 0 Å². The summed E-state index contributed by atoms with van der Waals surface area (Å²) in [5.74, 6) is 0.916. The standard InChI is InChI=1S/C14H19ClO3/c1-4-17-14(16)7-11-5-6-12(8-13(11)15)18-9-10(2)3/h5-6,8,10H,4,7,9H2,1-3H3. The van der Waals surface area contributed by atoms with Gasteiger partial charge in [0.05, 0.1) is 19.6 Å². The smallest absolute Gasteiger partial charge is 0.310 e. The van der Waals surface area contributed by atoms with Crippen LogP contribution in [0.15, 0.2) is 18.2 Å². The van der Waals surface area contributed by atoms with E-state index in [1.807, 2.05) is 6.07 Å². The Hall–Kier alpha value is -1.22. The summed E-state index contributed by atoms with van der Waals surface area (Å²) in [5.41, 5.74) is 0.756. The summed E-state index contributed by atoms with van der Waals surface area (Å²) in [6, 6.07) is 5.36. The zero-order valence-corrected chi connectivity index (χ0v) is 11.8. The minimum Gasteiger partial charge on any atom is -0.493 e. The summed E-state index contributed by atoms with van der Waals surface area (Å²) in [6.07, 6.45) is 0.192. The Morgan fingerprint density at radius 1 is 1.39 bits per heavy atom. The number of ether oxygens (including phenoxy) is 2. The Labute approximate surface area is 113 Å². The molecule has 18 heavy (non-hydrogen) atoms. The summed E-state index contributed by atoms with van der Waals surface area (Å²) in [5, 5.41) is 0.532. The maximum absolute atomic E-state index is 11.4. The van der Waals surface area contributed by atoms with Crippen LogP contribution in [0.4, 0.5) is 0 Å². The lowest BCUT2D eigenvalue weighted by atomic mass is 10.1. The molecular weight excluding hydrogens is 252 g/mol. The van der Waals surface area contributed by atoms with Gasteiger partial charge in [-0.25, -0.2) is 0 Å². The van der Waals surface area contributed by atoms with Gasteiger partial charge in [-0.15, -0.1) is 0 Å². The van der Waals surface area contributed by atoms with E-state index in [1.165, 1.54) is 0 Å². The van der Waals surface area contributed by atoms with E-state index < -0.39 is 0 Å². The zero-order valence-electron chi connectivity index (χ0n) is 11.0. The molecule has 0 radical (unpaired) electrons. The van der Waals surface area contributed by atoms with Crippen LogP contribution >= 0.6 is 11.6 Å².